The molecule has 0 radical (unpaired) electrons. The Morgan fingerprint density at radius 1 is 0.591 bits per heavy atom. The van der Waals surface area contributed by atoms with Crippen LogP contribution in [0.1, 0.15) is 0 Å². The van der Waals surface area contributed by atoms with Crippen LogP contribution in [0.2, 0.25) is 0 Å². The van der Waals surface area contributed by atoms with Gasteiger partial charge in [-0.15, -0.1) is 0 Å². The summed E-state index contributed by atoms with van der Waals surface area (Å²) in [6.07, 6.45) is 0. The molecule has 0 amide bonds. The summed E-state index contributed by atoms with van der Waals surface area (Å²) in [5.41, 5.74) is 3.68. The van der Waals surface area contributed by atoms with Gasteiger partial charge in [-0.2, -0.15) is 0 Å². The van der Waals surface area contributed by atoms with Crippen molar-refractivity contribution in [2.45, 2.75) is 0 Å². The lowest BCUT2D eigenvalue weighted by Gasteiger charge is -2.14. The number of nitrogens with one attached hydrogen (secondary N) is 1. The Labute approximate surface area is 130 Å². The van der Waals surface area contributed by atoms with Crippen molar-refractivity contribution in [3.63, 3.8) is 0 Å². The highest BCUT2D eigenvalue weighted by Crippen LogP contribution is 2.37. The SMILES string of the molecule is CNc1ccccc1-c1cc2ccccc2c2ccccc12. The highest BCUT2D eigenvalue weighted by Gasteiger charge is 2.10. The molecule has 4 aromatic carbocycles. The smallest absolute Gasteiger partial charge is 0.0417 e. The third-order valence-corrected chi connectivity index (χ3v) is 4.25. The lowest BCUT2D eigenvalue weighted by molar-refractivity contribution is 1.51. The first-order valence-electron chi connectivity index (χ1n) is 7.56. The molecule has 1 N–H and O–H groups in total. The Kier molecular flexibility index (Phi) is 3.05. The molecule has 1 heteroatoms. The fraction of sp³-hybridized carbons (Fsp3) is 0.0476. The number of hydrogen-bond acceptors (Lipinski definition) is 1. The molecule has 0 saturated carbocycles. The summed E-state index contributed by atoms with van der Waals surface area (Å²) in [5.74, 6) is 0. The van der Waals surface area contributed by atoms with E-state index in [0.29, 0.717) is 0 Å². The first-order valence-corrected chi connectivity index (χ1v) is 7.56. The molecule has 0 atom stereocenters. The molecule has 0 bridgehead atoms. The highest BCUT2D eigenvalue weighted by atomic mass is 14.8. The molecule has 0 aliphatic rings. The van der Waals surface area contributed by atoms with Crippen LogP contribution in [0.25, 0.3) is 32.7 Å². The first-order chi connectivity index (χ1) is 10.9. The quantitative estimate of drug-likeness (QED) is 0.465. The van der Waals surface area contributed by atoms with Gasteiger partial charge in [0.05, 0.1) is 0 Å². The number of anilines is 1. The molecule has 0 fully saturated rings. The summed E-state index contributed by atoms with van der Waals surface area (Å²) >= 11 is 0. The molecule has 0 aliphatic heterocycles. The Morgan fingerprint density at radius 2 is 1.23 bits per heavy atom. The van der Waals surface area contributed by atoms with Gasteiger partial charge in [-0.1, -0.05) is 66.7 Å². The van der Waals surface area contributed by atoms with Crippen molar-refractivity contribution in [3.8, 4) is 11.1 Å². The third kappa shape index (κ3) is 1.94. The van der Waals surface area contributed by atoms with Crippen LogP contribution in [0.3, 0.4) is 0 Å². The molecule has 22 heavy (non-hydrogen) atoms. The molecule has 0 saturated heterocycles. The number of rotatable bonds is 2. The summed E-state index contributed by atoms with van der Waals surface area (Å²) < 4.78 is 0. The summed E-state index contributed by atoms with van der Waals surface area (Å²) in [6.45, 7) is 0. The van der Waals surface area contributed by atoms with E-state index in [9.17, 15) is 0 Å². The molecule has 1 nitrogen and oxygen atoms in total. The Balaban J connectivity index is 2.16. The molecule has 0 spiro atoms. The summed E-state index contributed by atoms with van der Waals surface area (Å²) in [7, 11) is 1.97. The monoisotopic (exact) mass is 283 g/mol. The van der Waals surface area contributed by atoms with Crippen molar-refractivity contribution >= 4 is 27.2 Å². The average Bonchev–Trinajstić information content (AvgIpc) is 2.61. The van der Waals surface area contributed by atoms with Crippen LogP contribution in [0, 0.1) is 0 Å². The molecule has 4 rings (SSSR count). The van der Waals surface area contributed by atoms with Gasteiger partial charge < -0.3 is 5.32 Å². The lowest BCUT2D eigenvalue weighted by atomic mass is 9.92. The second kappa shape index (κ2) is 5.19. The van der Waals surface area contributed by atoms with Gasteiger partial charge in [0.1, 0.15) is 0 Å². The van der Waals surface area contributed by atoms with E-state index in [2.05, 4.69) is 84.2 Å². The van der Waals surface area contributed by atoms with E-state index in [0.717, 1.165) is 5.69 Å². The van der Waals surface area contributed by atoms with Gasteiger partial charge in [0.15, 0.2) is 0 Å². The lowest BCUT2D eigenvalue weighted by Crippen LogP contribution is -1.92. The zero-order valence-corrected chi connectivity index (χ0v) is 12.5. The van der Waals surface area contributed by atoms with Crippen molar-refractivity contribution in [3.05, 3.63) is 78.9 Å². The number of para-hydroxylation sites is 1. The minimum Gasteiger partial charge on any atom is -0.388 e. The number of fused-ring (bicyclic) bond motifs is 3. The fourth-order valence-electron chi connectivity index (χ4n) is 3.21. The zero-order valence-electron chi connectivity index (χ0n) is 12.5. The van der Waals surface area contributed by atoms with E-state index < -0.39 is 0 Å². The molecule has 0 aliphatic carbocycles. The molecule has 0 heterocycles. The third-order valence-electron chi connectivity index (χ3n) is 4.25. The van der Waals surface area contributed by atoms with Crippen LogP contribution in [0.4, 0.5) is 5.69 Å². The predicted molar refractivity (Wildman–Crippen MR) is 96.4 cm³/mol. The van der Waals surface area contributed by atoms with Crippen LogP contribution in [0.5, 0.6) is 0 Å². The van der Waals surface area contributed by atoms with Gasteiger partial charge in [-0.05, 0) is 39.2 Å². The van der Waals surface area contributed by atoms with E-state index >= 15 is 0 Å². The minimum atomic E-state index is 1.16. The maximum Gasteiger partial charge on any atom is 0.0417 e. The second-order valence-electron chi connectivity index (χ2n) is 5.49. The van der Waals surface area contributed by atoms with Crippen molar-refractivity contribution in [2.75, 3.05) is 12.4 Å². The normalized spacial score (nSPS) is 11.0. The van der Waals surface area contributed by atoms with E-state index in [1.165, 1.54) is 32.7 Å². The van der Waals surface area contributed by atoms with Crippen molar-refractivity contribution in [2.24, 2.45) is 0 Å². The van der Waals surface area contributed by atoms with E-state index in [1.807, 2.05) is 7.05 Å². The topological polar surface area (TPSA) is 12.0 Å². The second-order valence-corrected chi connectivity index (χ2v) is 5.49. The predicted octanol–water partition coefficient (Wildman–Crippen LogP) is 5.70. The minimum absolute atomic E-state index is 1.16. The molecular weight excluding hydrogens is 266 g/mol. The van der Waals surface area contributed by atoms with Crippen LogP contribution in [0.15, 0.2) is 78.9 Å². The highest BCUT2D eigenvalue weighted by molar-refractivity contribution is 6.14. The molecule has 106 valence electrons. The maximum absolute atomic E-state index is 3.31. The summed E-state index contributed by atoms with van der Waals surface area (Å²) in [4.78, 5) is 0. The number of benzene rings is 4. The van der Waals surface area contributed by atoms with Crippen LogP contribution >= 0.6 is 0 Å². The molecule has 0 aromatic heterocycles. The van der Waals surface area contributed by atoms with Crippen molar-refractivity contribution in [1.82, 2.24) is 0 Å². The maximum atomic E-state index is 3.31. The van der Waals surface area contributed by atoms with Crippen molar-refractivity contribution < 1.29 is 0 Å². The van der Waals surface area contributed by atoms with E-state index in [-0.39, 0.29) is 0 Å². The Hall–Kier alpha value is -2.80. The largest absolute Gasteiger partial charge is 0.388 e. The summed E-state index contributed by atoms with van der Waals surface area (Å²) in [5, 5.41) is 8.50. The van der Waals surface area contributed by atoms with Crippen LogP contribution in [-0.2, 0) is 0 Å². The van der Waals surface area contributed by atoms with Crippen LogP contribution < -0.4 is 5.32 Å². The fourth-order valence-corrected chi connectivity index (χ4v) is 3.21. The van der Waals surface area contributed by atoms with Gasteiger partial charge in [0.2, 0.25) is 0 Å². The molecule has 0 unspecified atom stereocenters. The standard InChI is InChI=1S/C21H17N/c1-22-21-13-7-6-12-19(21)20-14-15-8-2-3-9-16(15)17-10-4-5-11-18(17)20/h2-14,22H,1H3. The Bertz CT molecular complexity index is 970. The first kappa shape index (κ1) is 12.9. The van der Waals surface area contributed by atoms with Gasteiger partial charge in [0, 0.05) is 18.3 Å². The zero-order chi connectivity index (χ0) is 14.9. The van der Waals surface area contributed by atoms with Crippen molar-refractivity contribution in [1.29, 1.82) is 0 Å². The molecular formula is C21H17N. The number of hydrogen-bond donors (Lipinski definition) is 1. The van der Waals surface area contributed by atoms with Gasteiger partial charge in [-0.3, -0.25) is 0 Å². The van der Waals surface area contributed by atoms with Gasteiger partial charge >= 0.3 is 0 Å². The molecule has 4 aromatic rings. The summed E-state index contributed by atoms with van der Waals surface area (Å²) in [6, 6.07) is 28.0. The van der Waals surface area contributed by atoms with Gasteiger partial charge in [-0.25, -0.2) is 0 Å². The van der Waals surface area contributed by atoms with E-state index in [1.54, 1.807) is 0 Å². The van der Waals surface area contributed by atoms with Crippen LogP contribution in [-0.4, -0.2) is 7.05 Å². The van der Waals surface area contributed by atoms with Gasteiger partial charge in [0.25, 0.3) is 0 Å². The Morgan fingerprint density at radius 3 is 2.05 bits per heavy atom. The van der Waals surface area contributed by atoms with E-state index in [4.69, 9.17) is 0 Å². The average molecular weight is 283 g/mol.